The van der Waals surface area contributed by atoms with E-state index in [1.807, 2.05) is 6.07 Å². The third-order valence-electron chi connectivity index (χ3n) is 2.28. The molecular weight excluding hydrogens is 269 g/mol. The fraction of sp³-hybridized carbons (Fsp3) is 0.222. The van der Waals surface area contributed by atoms with E-state index in [4.69, 9.17) is 16.7 Å². The SMILES string of the molecule is O=C(O)C1CNc2ccc(Br)c(Cl)c21. The number of hydrogen-bond acceptors (Lipinski definition) is 2. The number of fused-ring (bicyclic) bond motifs is 1. The summed E-state index contributed by atoms with van der Waals surface area (Å²) in [5, 5.41) is 12.5. The lowest BCUT2D eigenvalue weighted by molar-refractivity contribution is -0.138. The molecule has 1 unspecified atom stereocenters. The maximum Gasteiger partial charge on any atom is 0.312 e. The molecule has 14 heavy (non-hydrogen) atoms. The summed E-state index contributed by atoms with van der Waals surface area (Å²) < 4.78 is 0.730. The predicted octanol–water partition coefficient (Wildman–Crippen LogP) is 2.70. The Bertz CT molecular complexity index is 408. The van der Waals surface area contributed by atoms with Crippen molar-refractivity contribution < 1.29 is 9.90 Å². The molecule has 5 heteroatoms. The second-order valence-electron chi connectivity index (χ2n) is 3.09. The van der Waals surface area contributed by atoms with Gasteiger partial charge in [0.25, 0.3) is 0 Å². The summed E-state index contributed by atoms with van der Waals surface area (Å²) in [6.45, 7) is 0.404. The molecule has 1 heterocycles. The zero-order valence-corrected chi connectivity index (χ0v) is 9.39. The quantitative estimate of drug-likeness (QED) is 0.829. The Morgan fingerprint density at radius 3 is 3.00 bits per heavy atom. The Labute approximate surface area is 94.2 Å². The van der Waals surface area contributed by atoms with E-state index in [2.05, 4.69) is 21.2 Å². The summed E-state index contributed by atoms with van der Waals surface area (Å²) in [6, 6.07) is 3.63. The molecule has 0 aliphatic carbocycles. The topological polar surface area (TPSA) is 49.3 Å². The van der Waals surface area contributed by atoms with E-state index >= 15 is 0 Å². The number of hydrogen-bond donors (Lipinski definition) is 2. The van der Waals surface area contributed by atoms with Crippen LogP contribution >= 0.6 is 27.5 Å². The number of benzene rings is 1. The maximum atomic E-state index is 10.9. The number of carboxylic acids is 1. The lowest BCUT2D eigenvalue weighted by Crippen LogP contribution is -2.13. The fourth-order valence-corrected chi connectivity index (χ4v) is 2.23. The molecule has 1 aromatic carbocycles. The summed E-state index contributed by atoms with van der Waals surface area (Å²) >= 11 is 9.30. The average molecular weight is 277 g/mol. The zero-order valence-electron chi connectivity index (χ0n) is 7.05. The lowest BCUT2D eigenvalue weighted by Gasteiger charge is -2.07. The molecule has 0 saturated carbocycles. The highest BCUT2D eigenvalue weighted by Gasteiger charge is 2.31. The molecule has 2 rings (SSSR count). The van der Waals surface area contributed by atoms with Crippen LogP contribution in [-0.4, -0.2) is 17.6 Å². The van der Waals surface area contributed by atoms with Crippen molar-refractivity contribution in [2.75, 3.05) is 11.9 Å². The van der Waals surface area contributed by atoms with Crippen molar-refractivity contribution in [1.29, 1.82) is 0 Å². The Hall–Kier alpha value is -0.740. The first kappa shape index (κ1) is 9.80. The van der Waals surface area contributed by atoms with Crippen LogP contribution in [0.1, 0.15) is 11.5 Å². The molecular formula is C9H7BrClNO2. The van der Waals surface area contributed by atoms with Crippen molar-refractivity contribution in [2.24, 2.45) is 0 Å². The van der Waals surface area contributed by atoms with Crippen molar-refractivity contribution >= 4 is 39.2 Å². The van der Waals surface area contributed by atoms with E-state index in [1.54, 1.807) is 6.07 Å². The molecule has 1 aliphatic rings. The minimum atomic E-state index is -0.851. The molecule has 0 fully saturated rings. The third-order valence-corrected chi connectivity index (χ3v) is 3.57. The summed E-state index contributed by atoms with van der Waals surface area (Å²) in [6.07, 6.45) is 0. The Morgan fingerprint density at radius 1 is 1.64 bits per heavy atom. The van der Waals surface area contributed by atoms with E-state index < -0.39 is 11.9 Å². The molecule has 1 atom stereocenters. The first-order valence-corrected chi connectivity index (χ1v) is 5.23. The highest BCUT2D eigenvalue weighted by molar-refractivity contribution is 9.10. The minimum absolute atomic E-state index is 0.404. The van der Waals surface area contributed by atoms with Gasteiger partial charge in [0, 0.05) is 22.3 Å². The average Bonchev–Trinajstić information content (AvgIpc) is 2.55. The summed E-state index contributed by atoms with van der Waals surface area (Å²) in [4.78, 5) is 10.9. The molecule has 0 aromatic heterocycles. The van der Waals surface area contributed by atoms with Crippen molar-refractivity contribution in [3.05, 3.63) is 27.2 Å². The van der Waals surface area contributed by atoms with Gasteiger partial charge in [-0.25, -0.2) is 0 Å². The standard InChI is InChI=1S/C9H7BrClNO2/c10-5-1-2-6-7(8(5)11)4(3-12-6)9(13)14/h1-2,4,12H,3H2,(H,13,14). The van der Waals surface area contributed by atoms with Crippen LogP contribution in [0.4, 0.5) is 5.69 Å². The summed E-state index contributed by atoms with van der Waals surface area (Å²) in [5.41, 5.74) is 1.49. The summed E-state index contributed by atoms with van der Waals surface area (Å²) in [5.74, 6) is -1.40. The fourth-order valence-electron chi connectivity index (χ4n) is 1.59. The Kier molecular flexibility index (Phi) is 2.41. The van der Waals surface area contributed by atoms with Gasteiger partial charge >= 0.3 is 5.97 Å². The third kappa shape index (κ3) is 1.38. The molecule has 0 amide bonds. The molecule has 1 aliphatic heterocycles. The monoisotopic (exact) mass is 275 g/mol. The number of carbonyl (C=O) groups is 1. The van der Waals surface area contributed by atoms with Gasteiger partial charge in [-0.3, -0.25) is 4.79 Å². The molecule has 74 valence electrons. The molecule has 0 bridgehead atoms. The maximum absolute atomic E-state index is 10.9. The highest BCUT2D eigenvalue weighted by Crippen LogP contribution is 2.40. The van der Waals surface area contributed by atoms with E-state index in [-0.39, 0.29) is 0 Å². The first-order chi connectivity index (χ1) is 6.61. The van der Waals surface area contributed by atoms with Crippen LogP contribution in [0.15, 0.2) is 16.6 Å². The van der Waals surface area contributed by atoms with Gasteiger partial charge in [-0.1, -0.05) is 11.6 Å². The molecule has 0 spiro atoms. The highest BCUT2D eigenvalue weighted by atomic mass is 79.9. The normalized spacial score (nSPS) is 18.9. The molecule has 0 radical (unpaired) electrons. The minimum Gasteiger partial charge on any atom is -0.481 e. The van der Waals surface area contributed by atoms with Crippen LogP contribution in [0.25, 0.3) is 0 Å². The summed E-state index contributed by atoms with van der Waals surface area (Å²) in [7, 11) is 0. The number of halogens is 2. The van der Waals surface area contributed by atoms with Crippen molar-refractivity contribution in [3.8, 4) is 0 Å². The Morgan fingerprint density at radius 2 is 2.36 bits per heavy atom. The van der Waals surface area contributed by atoms with Crippen molar-refractivity contribution in [1.82, 2.24) is 0 Å². The lowest BCUT2D eigenvalue weighted by atomic mass is 10.0. The van der Waals surface area contributed by atoms with Crippen LogP contribution in [0.3, 0.4) is 0 Å². The van der Waals surface area contributed by atoms with E-state index in [1.165, 1.54) is 0 Å². The second-order valence-corrected chi connectivity index (χ2v) is 4.33. The number of carboxylic acid groups (broad SMARTS) is 1. The smallest absolute Gasteiger partial charge is 0.312 e. The number of nitrogens with one attached hydrogen (secondary N) is 1. The predicted molar refractivity (Wildman–Crippen MR) is 58.0 cm³/mol. The van der Waals surface area contributed by atoms with Crippen LogP contribution in [0.2, 0.25) is 5.02 Å². The zero-order chi connectivity index (χ0) is 10.3. The van der Waals surface area contributed by atoms with Gasteiger partial charge in [0.15, 0.2) is 0 Å². The van der Waals surface area contributed by atoms with Gasteiger partial charge in [0.05, 0.1) is 5.02 Å². The second kappa shape index (κ2) is 3.44. The van der Waals surface area contributed by atoms with E-state index in [0.717, 1.165) is 10.2 Å². The van der Waals surface area contributed by atoms with Gasteiger partial charge in [0.1, 0.15) is 5.92 Å². The first-order valence-electron chi connectivity index (χ1n) is 4.06. The van der Waals surface area contributed by atoms with Gasteiger partial charge in [-0.05, 0) is 28.1 Å². The molecule has 3 nitrogen and oxygen atoms in total. The largest absolute Gasteiger partial charge is 0.481 e. The van der Waals surface area contributed by atoms with Gasteiger partial charge in [-0.2, -0.15) is 0 Å². The van der Waals surface area contributed by atoms with E-state index in [0.29, 0.717) is 17.1 Å². The van der Waals surface area contributed by atoms with Gasteiger partial charge in [0.2, 0.25) is 0 Å². The number of aliphatic carboxylic acids is 1. The number of rotatable bonds is 1. The molecule has 1 aromatic rings. The molecule has 0 saturated heterocycles. The van der Waals surface area contributed by atoms with Crippen molar-refractivity contribution in [3.63, 3.8) is 0 Å². The molecule has 2 N–H and O–H groups in total. The van der Waals surface area contributed by atoms with E-state index in [9.17, 15) is 4.79 Å². The Balaban J connectivity index is 2.57. The van der Waals surface area contributed by atoms with Crippen LogP contribution in [0, 0.1) is 0 Å². The van der Waals surface area contributed by atoms with Crippen LogP contribution in [-0.2, 0) is 4.79 Å². The van der Waals surface area contributed by atoms with Gasteiger partial charge < -0.3 is 10.4 Å². The van der Waals surface area contributed by atoms with Crippen LogP contribution < -0.4 is 5.32 Å². The van der Waals surface area contributed by atoms with Crippen LogP contribution in [0.5, 0.6) is 0 Å². The van der Waals surface area contributed by atoms with Crippen molar-refractivity contribution in [2.45, 2.75) is 5.92 Å². The van der Waals surface area contributed by atoms with Gasteiger partial charge in [-0.15, -0.1) is 0 Å². The number of anilines is 1.